The molecule has 1 heterocycles. The Bertz CT molecular complexity index is 852. The number of benzene rings is 2. The van der Waals surface area contributed by atoms with Gasteiger partial charge >= 0.3 is 0 Å². The van der Waals surface area contributed by atoms with Crippen molar-refractivity contribution in [1.82, 2.24) is 20.3 Å². The lowest BCUT2D eigenvalue weighted by molar-refractivity contribution is 0.223. The van der Waals surface area contributed by atoms with Gasteiger partial charge in [0.1, 0.15) is 16.7 Å². The van der Waals surface area contributed by atoms with E-state index in [1.807, 2.05) is 53.2 Å². The zero-order chi connectivity index (χ0) is 17.1. The van der Waals surface area contributed by atoms with Crippen molar-refractivity contribution >= 4 is 28.2 Å². The smallest absolute Gasteiger partial charge is 0.126 e. The quantitative estimate of drug-likeness (QED) is 0.705. The average Bonchev–Trinajstić information content (AvgIpc) is 3.11. The highest BCUT2D eigenvalue weighted by atomic mass is 32.1. The van der Waals surface area contributed by atoms with Crippen LogP contribution in [0.5, 0.6) is 0 Å². The van der Waals surface area contributed by atoms with Crippen LogP contribution in [0.1, 0.15) is 43.8 Å². The van der Waals surface area contributed by atoms with Gasteiger partial charge in [0.15, 0.2) is 0 Å². The van der Waals surface area contributed by atoms with Gasteiger partial charge in [-0.05, 0) is 30.9 Å². The minimum absolute atomic E-state index is 0.0420. The van der Waals surface area contributed by atoms with Crippen molar-refractivity contribution in [3.8, 4) is 0 Å². The molecule has 128 valence electrons. The molecule has 5 heteroatoms. The molecule has 1 atom stereocenters. The number of hydrogen-bond donors (Lipinski definition) is 1. The second-order valence-electron chi connectivity index (χ2n) is 6.71. The predicted molar refractivity (Wildman–Crippen MR) is 104 cm³/mol. The van der Waals surface area contributed by atoms with E-state index >= 15 is 0 Å². The van der Waals surface area contributed by atoms with E-state index in [0.717, 1.165) is 21.6 Å². The van der Waals surface area contributed by atoms with Crippen LogP contribution in [-0.2, 0) is 0 Å². The monoisotopic (exact) mass is 350 g/mol. The lowest BCUT2D eigenvalue weighted by Gasteiger charge is -2.32. The first kappa shape index (κ1) is 16.2. The third kappa shape index (κ3) is 3.42. The average molecular weight is 350 g/mol. The Morgan fingerprint density at radius 3 is 2.52 bits per heavy atom. The summed E-state index contributed by atoms with van der Waals surface area (Å²) in [5, 5.41) is 12.4. The van der Waals surface area contributed by atoms with Crippen LogP contribution in [0.15, 0.2) is 54.6 Å². The van der Waals surface area contributed by atoms with Crippen molar-refractivity contribution in [3.05, 3.63) is 60.2 Å². The first-order valence-corrected chi connectivity index (χ1v) is 9.39. The van der Waals surface area contributed by atoms with Crippen LogP contribution in [0.3, 0.4) is 0 Å². The van der Waals surface area contributed by atoms with E-state index in [-0.39, 0.29) is 6.17 Å². The van der Waals surface area contributed by atoms with Gasteiger partial charge in [0.25, 0.3) is 0 Å². The van der Waals surface area contributed by atoms with Gasteiger partial charge in [-0.15, -0.1) is 5.10 Å². The van der Waals surface area contributed by atoms with Crippen molar-refractivity contribution < 1.29 is 0 Å². The molecule has 0 bridgehead atoms. The second-order valence-corrected chi connectivity index (χ2v) is 7.11. The predicted octanol–water partition coefficient (Wildman–Crippen LogP) is 4.48. The fraction of sp³-hybridized carbons (Fsp3) is 0.350. The van der Waals surface area contributed by atoms with Crippen molar-refractivity contribution in [2.45, 2.75) is 38.3 Å². The van der Waals surface area contributed by atoms with E-state index in [9.17, 15) is 0 Å². The minimum atomic E-state index is 0.0420. The molecule has 1 N–H and O–H groups in total. The largest absolute Gasteiger partial charge is 0.354 e. The first-order chi connectivity index (χ1) is 12.3. The highest BCUT2D eigenvalue weighted by molar-refractivity contribution is 7.80. The van der Waals surface area contributed by atoms with Crippen molar-refractivity contribution in [2.75, 3.05) is 0 Å². The van der Waals surface area contributed by atoms with Crippen LogP contribution in [0.4, 0.5) is 0 Å². The fourth-order valence-electron chi connectivity index (χ4n) is 3.73. The van der Waals surface area contributed by atoms with E-state index < -0.39 is 0 Å². The Morgan fingerprint density at radius 1 is 1.00 bits per heavy atom. The van der Waals surface area contributed by atoms with Gasteiger partial charge in [-0.3, -0.25) is 0 Å². The number of para-hydroxylation sites is 1. The van der Waals surface area contributed by atoms with Crippen molar-refractivity contribution in [1.29, 1.82) is 0 Å². The van der Waals surface area contributed by atoms with Gasteiger partial charge < -0.3 is 5.32 Å². The molecule has 1 aliphatic carbocycles. The normalized spacial score (nSPS) is 16.6. The van der Waals surface area contributed by atoms with Crippen molar-refractivity contribution in [2.24, 2.45) is 5.92 Å². The molecule has 0 aliphatic heterocycles. The van der Waals surface area contributed by atoms with Gasteiger partial charge in [-0.1, -0.05) is 79.2 Å². The number of thiocarbonyl (C=S) groups is 1. The maximum atomic E-state index is 5.69. The molecular weight excluding hydrogens is 328 g/mol. The van der Waals surface area contributed by atoms with E-state index in [2.05, 4.69) is 21.7 Å². The number of fused-ring (bicyclic) bond motifs is 1. The molecule has 0 saturated heterocycles. The minimum Gasteiger partial charge on any atom is -0.354 e. The number of hydrogen-bond acceptors (Lipinski definition) is 3. The van der Waals surface area contributed by atoms with Crippen LogP contribution in [0.25, 0.3) is 11.0 Å². The van der Waals surface area contributed by atoms with Gasteiger partial charge in [0.05, 0.1) is 5.52 Å². The summed E-state index contributed by atoms with van der Waals surface area (Å²) >= 11 is 5.69. The molecule has 1 saturated carbocycles. The highest BCUT2D eigenvalue weighted by Gasteiger charge is 2.28. The Kier molecular flexibility index (Phi) is 4.74. The van der Waals surface area contributed by atoms with Gasteiger partial charge in [-0.25, -0.2) is 4.68 Å². The third-order valence-electron chi connectivity index (χ3n) is 5.05. The molecule has 1 aliphatic rings. The lowest BCUT2D eigenvalue weighted by Crippen LogP contribution is -2.38. The maximum absolute atomic E-state index is 5.69. The van der Waals surface area contributed by atoms with Crippen LogP contribution in [0, 0.1) is 5.92 Å². The summed E-state index contributed by atoms with van der Waals surface area (Å²) in [5.74, 6) is 0.514. The molecule has 3 aromatic rings. The molecule has 1 fully saturated rings. The molecule has 0 spiro atoms. The van der Waals surface area contributed by atoms with E-state index in [4.69, 9.17) is 12.2 Å². The molecule has 0 amide bonds. The fourth-order valence-corrected chi connectivity index (χ4v) is 3.99. The first-order valence-electron chi connectivity index (χ1n) is 8.99. The number of nitrogens with one attached hydrogen (secondary N) is 1. The summed E-state index contributed by atoms with van der Waals surface area (Å²) in [7, 11) is 0. The standard InChI is InChI=1S/C20H22N4S/c25-20(16-11-5-2-6-12-16)21-19(15-9-3-1-4-10-15)24-18-14-8-7-13-17(18)22-23-24/h2,5-8,11-15,19H,1,3-4,9-10H2,(H,21,25). The van der Waals surface area contributed by atoms with Crippen molar-refractivity contribution in [3.63, 3.8) is 0 Å². The molecule has 4 rings (SSSR count). The summed E-state index contributed by atoms with van der Waals surface area (Å²) in [4.78, 5) is 0.774. The van der Waals surface area contributed by atoms with E-state index in [1.54, 1.807) is 0 Å². The third-order valence-corrected chi connectivity index (χ3v) is 5.41. The maximum Gasteiger partial charge on any atom is 0.126 e. The summed E-state index contributed by atoms with van der Waals surface area (Å²) in [6.07, 6.45) is 6.30. The number of aromatic nitrogens is 3. The van der Waals surface area contributed by atoms with Crippen LogP contribution in [0.2, 0.25) is 0 Å². The van der Waals surface area contributed by atoms with E-state index in [1.165, 1.54) is 32.1 Å². The molecule has 1 aromatic heterocycles. The van der Waals surface area contributed by atoms with E-state index in [0.29, 0.717) is 5.92 Å². The zero-order valence-electron chi connectivity index (χ0n) is 14.1. The number of nitrogens with zero attached hydrogens (tertiary/aromatic N) is 3. The summed E-state index contributed by atoms with van der Waals surface area (Å²) in [5.41, 5.74) is 3.03. The number of rotatable bonds is 4. The van der Waals surface area contributed by atoms with Gasteiger partial charge in [0.2, 0.25) is 0 Å². The Labute approximate surface area is 153 Å². The topological polar surface area (TPSA) is 42.7 Å². The highest BCUT2D eigenvalue weighted by Crippen LogP contribution is 2.32. The molecule has 4 nitrogen and oxygen atoms in total. The second kappa shape index (κ2) is 7.31. The molecule has 1 unspecified atom stereocenters. The Morgan fingerprint density at radius 2 is 1.72 bits per heavy atom. The molecule has 25 heavy (non-hydrogen) atoms. The van der Waals surface area contributed by atoms with Crippen LogP contribution < -0.4 is 5.32 Å². The summed E-state index contributed by atoms with van der Waals surface area (Å²) < 4.78 is 2.03. The molecule has 2 aromatic carbocycles. The molecule has 0 radical (unpaired) electrons. The van der Waals surface area contributed by atoms with Crippen LogP contribution in [-0.4, -0.2) is 20.0 Å². The zero-order valence-corrected chi connectivity index (χ0v) is 15.0. The van der Waals surface area contributed by atoms with Gasteiger partial charge in [-0.2, -0.15) is 0 Å². The van der Waals surface area contributed by atoms with Gasteiger partial charge in [0, 0.05) is 5.56 Å². The summed E-state index contributed by atoms with van der Waals surface area (Å²) in [6.45, 7) is 0. The van der Waals surface area contributed by atoms with Crippen LogP contribution >= 0.6 is 12.2 Å². The lowest BCUT2D eigenvalue weighted by atomic mass is 9.87. The summed E-state index contributed by atoms with van der Waals surface area (Å²) in [6, 6.07) is 18.3. The SMILES string of the molecule is S=C(NC(C1CCCCC1)n1nnc2ccccc21)c1ccccc1. The molecular formula is C20H22N4S. The Hall–Kier alpha value is -2.27. The Balaban J connectivity index is 1.68.